The summed E-state index contributed by atoms with van der Waals surface area (Å²) >= 11 is 0. The summed E-state index contributed by atoms with van der Waals surface area (Å²) in [4.78, 5) is 2.45. The molecule has 0 saturated heterocycles. The number of para-hydroxylation sites is 4. The lowest BCUT2D eigenvalue weighted by Gasteiger charge is -2.28. The van der Waals surface area contributed by atoms with Crippen LogP contribution in [0.25, 0.3) is 110 Å². The van der Waals surface area contributed by atoms with Crippen LogP contribution >= 0.6 is 0 Å². The molecule has 0 aliphatic heterocycles. The molecule has 3 heteroatoms. The monoisotopic (exact) mass is 969 g/mol. The van der Waals surface area contributed by atoms with Crippen molar-refractivity contribution in [3.05, 3.63) is 284 Å². The molecule has 0 N–H and O–H groups in total. The van der Waals surface area contributed by atoms with Gasteiger partial charge in [-0.15, -0.1) is 0 Å². The second-order valence-electron chi connectivity index (χ2n) is 21.0. The summed E-state index contributed by atoms with van der Waals surface area (Å²) in [7, 11) is 0. The molecule has 2 heterocycles. The van der Waals surface area contributed by atoms with Crippen LogP contribution in [0.3, 0.4) is 0 Å². The van der Waals surface area contributed by atoms with E-state index in [2.05, 4.69) is 301 Å². The molecule has 76 heavy (non-hydrogen) atoms. The highest BCUT2D eigenvalue weighted by Crippen LogP contribution is 2.51. The smallest absolute Gasteiger partial charge is 0.0547 e. The maximum Gasteiger partial charge on any atom is 0.0547 e. The molecule has 0 unspecified atom stereocenters. The Balaban J connectivity index is 0.937. The summed E-state index contributed by atoms with van der Waals surface area (Å²) in [6.45, 7) is 4.71. The van der Waals surface area contributed by atoms with Crippen molar-refractivity contribution in [1.29, 1.82) is 0 Å². The zero-order chi connectivity index (χ0) is 50.5. The van der Waals surface area contributed by atoms with Gasteiger partial charge in [0.25, 0.3) is 0 Å². The van der Waals surface area contributed by atoms with Crippen molar-refractivity contribution < 1.29 is 0 Å². The lowest BCUT2D eigenvalue weighted by Crippen LogP contribution is -2.15. The van der Waals surface area contributed by atoms with E-state index in [-0.39, 0.29) is 5.41 Å². The zero-order valence-electron chi connectivity index (χ0n) is 42.3. The molecule has 0 radical (unpaired) electrons. The average molecular weight is 970 g/mol. The first-order valence-electron chi connectivity index (χ1n) is 26.4. The van der Waals surface area contributed by atoms with E-state index in [0.717, 1.165) is 56.3 Å². The van der Waals surface area contributed by atoms with E-state index in [9.17, 15) is 0 Å². The molecule has 3 nitrogen and oxygen atoms in total. The lowest BCUT2D eigenvalue weighted by atomic mass is 9.82. The van der Waals surface area contributed by atoms with Crippen LogP contribution in [0.15, 0.2) is 273 Å². The average Bonchev–Trinajstić information content (AvgIpc) is 4.09. The van der Waals surface area contributed by atoms with Gasteiger partial charge in [-0.05, 0) is 176 Å². The first-order valence-corrected chi connectivity index (χ1v) is 26.4. The van der Waals surface area contributed by atoms with Crippen molar-refractivity contribution in [2.24, 2.45) is 0 Å². The Labute approximate surface area is 442 Å². The van der Waals surface area contributed by atoms with Gasteiger partial charge in [0.1, 0.15) is 0 Å². The number of aromatic nitrogens is 2. The second-order valence-corrected chi connectivity index (χ2v) is 21.0. The van der Waals surface area contributed by atoms with E-state index in [1.54, 1.807) is 0 Å². The molecule has 0 atom stereocenters. The van der Waals surface area contributed by atoms with E-state index < -0.39 is 0 Å². The molecule has 0 amide bonds. The van der Waals surface area contributed by atoms with Crippen LogP contribution in [0, 0.1) is 0 Å². The van der Waals surface area contributed by atoms with Gasteiger partial charge in [0.05, 0.1) is 22.1 Å². The van der Waals surface area contributed by atoms with E-state index >= 15 is 0 Å². The Kier molecular flexibility index (Phi) is 9.92. The second kappa shape index (κ2) is 17.2. The summed E-state index contributed by atoms with van der Waals surface area (Å²) in [5, 5.41) is 7.37. The van der Waals surface area contributed by atoms with Gasteiger partial charge >= 0.3 is 0 Å². The molecular weight excluding hydrogens is 919 g/mol. The Morgan fingerprint density at radius 1 is 0.276 bits per heavy atom. The lowest BCUT2D eigenvalue weighted by molar-refractivity contribution is 0.660. The quantitative estimate of drug-likeness (QED) is 0.148. The van der Waals surface area contributed by atoms with Crippen molar-refractivity contribution >= 4 is 71.4 Å². The first kappa shape index (κ1) is 43.8. The van der Waals surface area contributed by atoms with Gasteiger partial charge in [0, 0.05) is 55.4 Å². The van der Waals surface area contributed by atoms with E-state index in [1.807, 2.05) is 0 Å². The van der Waals surface area contributed by atoms with Crippen LogP contribution in [0.1, 0.15) is 25.0 Å². The topological polar surface area (TPSA) is 13.1 Å². The number of anilines is 3. The minimum absolute atomic E-state index is 0.0903. The van der Waals surface area contributed by atoms with Crippen molar-refractivity contribution in [2.45, 2.75) is 19.3 Å². The fraction of sp³-hybridized carbons (Fsp3) is 0.0411. The molecule has 0 spiro atoms. The molecule has 358 valence electrons. The molecule has 12 aromatic carbocycles. The maximum atomic E-state index is 2.45. The van der Waals surface area contributed by atoms with E-state index in [4.69, 9.17) is 0 Å². The molecule has 14 aromatic rings. The third-order valence-corrected chi connectivity index (χ3v) is 16.2. The highest BCUT2D eigenvalue weighted by molar-refractivity contribution is 6.12. The van der Waals surface area contributed by atoms with Crippen molar-refractivity contribution in [1.82, 2.24) is 9.13 Å². The Morgan fingerprint density at radius 2 is 0.789 bits per heavy atom. The van der Waals surface area contributed by atoms with Gasteiger partial charge in [-0.2, -0.15) is 0 Å². The molecule has 2 aromatic heterocycles. The maximum absolute atomic E-state index is 2.45. The van der Waals surface area contributed by atoms with Crippen LogP contribution < -0.4 is 4.90 Å². The summed E-state index contributed by atoms with van der Waals surface area (Å²) in [6, 6.07) is 101. The summed E-state index contributed by atoms with van der Waals surface area (Å²) in [5.41, 5.74) is 22.6. The van der Waals surface area contributed by atoms with Crippen molar-refractivity contribution in [3.8, 4) is 55.9 Å². The molecule has 15 rings (SSSR count). The number of benzene rings is 12. The third-order valence-electron chi connectivity index (χ3n) is 16.2. The minimum atomic E-state index is -0.0903. The number of fused-ring (bicyclic) bond motifs is 10. The highest BCUT2D eigenvalue weighted by atomic mass is 15.1. The standard InChI is InChI=1S/C73H51N3/c1-73(2)67-29-14-11-26-61(67)65-47-60(36-38-68(65)73)74(59-35-32-48-18-9-10-19-49(48)43-59)58-25-17-20-50(44-58)53-40-54(51-34-39-71-66(45-51)63-28-13-16-31-70(63)75(71)56-21-5-3-6-22-56)42-55(41-53)52-33-37-64-62-27-12-15-30-69(62)76(72(64)46-52)57-23-7-4-8-24-57/h3-47H,1-2H3. The third kappa shape index (κ3) is 6.97. The van der Waals surface area contributed by atoms with Crippen LogP contribution in [0.4, 0.5) is 17.1 Å². The molecule has 1 aliphatic rings. The number of hydrogen-bond donors (Lipinski definition) is 0. The highest BCUT2D eigenvalue weighted by Gasteiger charge is 2.35. The zero-order valence-corrected chi connectivity index (χ0v) is 42.3. The van der Waals surface area contributed by atoms with E-state index in [0.29, 0.717) is 0 Å². The summed E-state index contributed by atoms with van der Waals surface area (Å²) in [5.74, 6) is 0. The van der Waals surface area contributed by atoms with Gasteiger partial charge in [-0.3, -0.25) is 0 Å². The van der Waals surface area contributed by atoms with Gasteiger partial charge in [-0.1, -0.05) is 178 Å². The fourth-order valence-electron chi connectivity index (χ4n) is 12.6. The largest absolute Gasteiger partial charge is 0.310 e. The van der Waals surface area contributed by atoms with Gasteiger partial charge in [-0.25, -0.2) is 0 Å². The normalized spacial score (nSPS) is 12.7. The Bertz CT molecular complexity index is 4610. The number of rotatable bonds is 8. The Morgan fingerprint density at radius 3 is 1.53 bits per heavy atom. The molecule has 0 bridgehead atoms. The predicted molar refractivity (Wildman–Crippen MR) is 321 cm³/mol. The van der Waals surface area contributed by atoms with Crippen LogP contribution in [0.5, 0.6) is 0 Å². The van der Waals surface area contributed by atoms with Gasteiger partial charge < -0.3 is 14.0 Å². The van der Waals surface area contributed by atoms with Crippen molar-refractivity contribution in [3.63, 3.8) is 0 Å². The van der Waals surface area contributed by atoms with Crippen LogP contribution in [0.2, 0.25) is 0 Å². The minimum Gasteiger partial charge on any atom is -0.310 e. The fourth-order valence-corrected chi connectivity index (χ4v) is 12.6. The molecular formula is C73H51N3. The first-order chi connectivity index (χ1) is 37.4. The SMILES string of the molecule is CC1(C)c2ccccc2-c2cc(N(c3cccc(-c4cc(-c5ccc6c(c5)c5ccccc5n6-c5ccccc5)cc(-c5ccc6c7ccccc7n(-c7ccccc7)c6c5)c4)c3)c3ccc4ccccc4c3)ccc21. The van der Waals surface area contributed by atoms with Gasteiger partial charge in [0.15, 0.2) is 0 Å². The summed E-state index contributed by atoms with van der Waals surface area (Å²) in [6.07, 6.45) is 0. The number of nitrogens with zero attached hydrogens (tertiary/aromatic N) is 3. The van der Waals surface area contributed by atoms with Crippen LogP contribution in [-0.4, -0.2) is 9.13 Å². The van der Waals surface area contributed by atoms with Crippen molar-refractivity contribution in [2.75, 3.05) is 4.90 Å². The predicted octanol–water partition coefficient (Wildman–Crippen LogP) is 19.8. The Hall–Kier alpha value is -9.70. The summed E-state index contributed by atoms with van der Waals surface area (Å²) < 4.78 is 4.81. The molecule has 1 aliphatic carbocycles. The van der Waals surface area contributed by atoms with Crippen LogP contribution in [-0.2, 0) is 5.41 Å². The molecule has 0 saturated carbocycles. The van der Waals surface area contributed by atoms with Gasteiger partial charge in [0.2, 0.25) is 0 Å². The molecule has 0 fully saturated rings. The van der Waals surface area contributed by atoms with E-state index in [1.165, 1.54) is 82.2 Å². The number of hydrogen-bond acceptors (Lipinski definition) is 1.